The summed E-state index contributed by atoms with van der Waals surface area (Å²) in [6, 6.07) is 8.68. The molecular weight excluding hydrogens is 230 g/mol. The van der Waals surface area contributed by atoms with E-state index in [2.05, 4.69) is 31.3 Å². The molecule has 1 atom stereocenters. The van der Waals surface area contributed by atoms with Crippen molar-refractivity contribution < 1.29 is 4.74 Å². The Morgan fingerprint density at radius 3 is 2.59 bits per heavy atom. The number of hydrogen-bond donors (Lipinski definition) is 1. The summed E-state index contributed by atoms with van der Waals surface area (Å²) in [5.74, 6) is 3.38. The van der Waals surface area contributed by atoms with Gasteiger partial charge in [-0.2, -0.15) is 11.8 Å². The molecule has 0 bridgehead atoms. The van der Waals surface area contributed by atoms with E-state index in [1.165, 1.54) is 23.5 Å². The molecule has 0 aliphatic carbocycles. The number of thioether (sulfide) groups is 1. The van der Waals surface area contributed by atoms with Crippen molar-refractivity contribution in [1.29, 1.82) is 0 Å². The van der Waals surface area contributed by atoms with Gasteiger partial charge in [0.05, 0.1) is 7.11 Å². The molecule has 0 amide bonds. The number of benzene rings is 1. The molecule has 96 valence electrons. The zero-order valence-electron chi connectivity index (χ0n) is 11.0. The number of methoxy groups -OCH3 is 1. The SMILES string of the molecule is CCSCCCN[C@H](C)c1ccc(OC)cc1. The molecule has 1 N–H and O–H groups in total. The minimum atomic E-state index is 0.410. The summed E-state index contributed by atoms with van der Waals surface area (Å²) in [6.45, 7) is 5.49. The van der Waals surface area contributed by atoms with Crippen molar-refractivity contribution in [2.24, 2.45) is 0 Å². The Labute approximate surface area is 109 Å². The van der Waals surface area contributed by atoms with Gasteiger partial charge in [0.25, 0.3) is 0 Å². The van der Waals surface area contributed by atoms with Crippen molar-refractivity contribution >= 4 is 11.8 Å². The molecule has 1 rings (SSSR count). The van der Waals surface area contributed by atoms with Crippen LogP contribution in [0.15, 0.2) is 24.3 Å². The molecule has 0 radical (unpaired) electrons. The van der Waals surface area contributed by atoms with Crippen molar-refractivity contribution in [3.63, 3.8) is 0 Å². The first kappa shape index (κ1) is 14.4. The minimum Gasteiger partial charge on any atom is -0.497 e. The smallest absolute Gasteiger partial charge is 0.118 e. The summed E-state index contributed by atoms with van der Waals surface area (Å²) in [5, 5.41) is 3.54. The first-order valence-corrected chi connectivity index (χ1v) is 7.38. The molecule has 17 heavy (non-hydrogen) atoms. The fraction of sp³-hybridized carbons (Fsp3) is 0.571. The van der Waals surface area contributed by atoms with E-state index >= 15 is 0 Å². The molecule has 0 saturated carbocycles. The Morgan fingerprint density at radius 1 is 1.29 bits per heavy atom. The van der Waals surface area contributed by atoms with Crippen LogP contribution in [0.3, 0.4) is 0 Å². The molecule has 0 heterocycles. The molecule has 2 nitrogen and oxygen atoms in total. The minimum absolute atomic E-state index is 0.410. The van der Waals surface area contributed by atoms with Crippen molar-refractivity contribution in [1.82, 2.24) is 5.32 Å². The third-order valence-electron chi connectivity index (χ3n) is 2.74. The molecule has 3 heteroatoms. The van der Waals surface area contributed by atoms with Gasteiger partial charge in [0.15, 0.2) is 0 Å². The topological polar surface area (TPSA) is 21.3 Å². The van der Waals surface area contributed by atoms with E-state index < -0.39 is 0 Å². The lowest BCUT2D eigenvalue weighted by Gasteiger charge is -2.14. The highest BCUT2D eigenvalue weighted by Gasteiger charge is 2.03. The second-order valence-corrected chi connectivity index (χ2v) is 5.39. The van der Waals surface area contributed by atoms with Crippen LogP contribution in [0.25, 0.3) is 0 Å². The Kier molecular flexibility index (Phi) is 7.13. The standard InChI is InChI=1S/C14H23NOS/c1-4-17-11-5-10-15-12(2)13-6-8-14(16-3)9-7-13/h6-9,12,15H,4-5,10-11H2,1-3H3/t12-/m1/s1. The largest absolute Gasteiger partial charge is 0.497 e. The summed E-state index contributed by atoms with van der Waals surface area (Å²) in [6.07, 6.45) is 1.24. The number of hydrogen-bond acceptors (Lipinski definition) is 3. The highest BCUT2D eigenvalue weighted by molar-refractivity contribution is 7.99. The molecule has 1 aromatic carbocycles. The van der Waals surface area contributed by atoms with Crippen LogP contribution in [0, 0.1) is 0 Å². The molecule has 1 aromatic rings. The highest BCUT2D eigenvalue weighted by Crippen LogP contribution is 2.17. The maximum atomic E-state index is 5.15. The van der Waals surface area contributed by atoms with Gasteiger partial charge in [0.2, 0.25) is 0 Å². The second-order valence-electron chi connectivity index (χ2n) is 4.00. The van der Waals surface area contributed by atoms with E-state index in [9.17, 15) is 0 Å². The lowest BCUT2D eigenvalue weighted by Crippen LogP contribution is -2.20. The van der Waals surface area contributed by atoms with Crippen molar-refractivity contribution in [3.8, 4) is 5.75 Å². The average Bonchev–Trinajstić information content (AvgIpc) is 2.38. The molecule has 0 aromatic heterocycles. The van der Waals surface area contributed by atoms with Gasteiger partial charge >= 0.3 is 0 Å². The number of ether oxygens (including phenoxy) is 1. The predicted molar refractivity (Wildman–Crippen MR) is 77.0 cm³/mol. The Morgan fingerprint density at radius 2 is 2.00 bits per heavy atom. The Balaban J connectivity index is 2.28. The van der Waals surface area contributed by atoms with E-state index in [4.69, 9.17) is 4.74 Å². The first-order valence-electron chi connectivity index (χ1n) is 6.23. The fourth-order valence-electron chi connectivity index (χ4n) is 1.65. The molecule has 0 unspecified atom stereocenters. The maximum absolute atomic E-state index is 5.15. The number of nitrogens with one attached hydrogen (secondary N) is 1. The lowest BCUT2D eigenvalue weighted by atomic mass is 10.1. The van der Waals surface area contributed by atoms with Crippen molar-refractivity contribution in [3.05, 3.63) is 29.8 Å². The van der Waals surface area contributed by atoms with Crippen LogP contribution in [0.4, 0.5) is 0 Å². The van der Waals surface area contributed by atoms with Crippen LogP contribution < -0.4 is 10.1 Å². The van der Waals surface area contributed by atoms with Crippen LogP contribution in [-0.2, 0) is 0 Å². The summed E-state index contributed by atoms with van der Waals surface area (Å²) in [4.78, 5) is 0. The van der Waals surface area contributed by atoms with Gasteiger partial charge in [-0.1, -0.05) is 19.1 Å². The van der Waals surface area contributed by atoms with E-state index in [1.807, 2.05) is 23.9 Å². The van der Waals surface area contributed by atoms with Gasteiger partial charge < -0.3 is 10.1 Å². The zero-order chi connectivity index (χ0) is 12.5. The van der Waals surface area contributed by atoms with Crippen LogP contribution in [0.2, 0.25) is 0 Å². The van der Waals surface area contributed by atoms with Gasteiger partial charge in [0, 0.05) is 6.04 Å². The van der Waals surface area contributed by atoms with E-state index in [0.717, 1.165) is 12.3 Å². The lowest BCUT2D eigenvalue weighted by molar-refractivity contribution is 0.414. The van der Waals surface area contributed by atoms with Gasteiger partial charge in [-0.15, -0.1) is 0 Å². The highest BCUT2D eigenvalue weighted by atomic mass is 32.2. The normalized spacial score (nSPS) is 12.4. The van der Waals surface area contributed by atoms with Crippen molar-refractivity contribution in [2.75, 3.05) is 25.2 Å². The molecule has 0 aliphatic heterocycles. The fourth-order valence-corrected chi connectivity index (χ4v) is 2.28. The van der Waals surface area contributed by atoms with Gasteiger partial charge in [-0.3, -0.25) is 0 Å². The molecule has 0 aliphatic rings. The van der Waals surface area contributed by atoms with Crippen molar-refractivity contribution in [2.45, 2.75) is 26.3 Å². The van der Waals surface area contributed by atoms with Crippen LogP contribution in [-0.4, -0.2) is 25.2 Å². The number of rotatable bonds is 8. The Hall–Kier alpha value is -0.670. The second kappa shape index (κ2) is 8.43. The van der Waals surface area contributed by atoms with E-state index in [0.29, 0.717) is 6.04 Å². The van der Waals surface area contributed by atoms with Gasteiger partial charge in [0.1, 0.15) is 5.75 Å². The molecular formula is C14H23NOS. The Bertz CT molecular complexity index is 300. The average molecular weight is 253 g/mol. The van der Waals surface area contributed by atoms with Crippen LogP contribution in [0.5, 0.6) is 5.75 Å². The van der Waals surface area contributed by atoms with E-state index in [-0.39, 0.29) is 0 Å². The summed E-state index contributed by atoms with van der Waals surface area (Å²) >= 11 is 2.00. The monoisotopic (exact) mass is 253 g/mol. The van der Waals surface area contributed by atoms with Crippen LogP contribution in [0.1, 0.15) is 31.9 Å². The van der Waals surface area contributed by atoms with Gasteiger partial charge in [-0.05, 0) is 49.1 Å². The summed E-state index contributed by atoms with van der Waals surface area (Å²) in [5.41, 5.74) is 1.31. The first-order chi connectivity index (χ1) is 8.27. The maximum Gasteiger partial charge on any atom is 0.118 e. The molecule has 0 spiro atoms. The summed E-state index contributed by atoms with van der Waals surface area (Å²) < 4.78 is 5.15. The third kappa shape index (κ3) is 5.46. The molecule has 0 saturated heterocycles. The quantitative estimate of drug-likeness (QED) is 0.717. The van der Waals surface area contributed by atoms with Crippen LogP contribution >= 0.6 is 11.8 Å². The summed E-state index contributed by atoms with van der Waals surface area (Å²) in [7, 11) is 1.70. The van der Waals surface area contributed by atoms with Gasteiger partial charge in [-0.25, -0.2) is 0 Å². The van der Waals surface area contributed by atoms with E-state index in [1.54, 1.807) is 7.11 Å². The zero-order valence-corrected chi connectivity index (χ0v) is 11.8. The predicted octanol–water partition coefficient (Wildman–Crippen LogP) is 3.49. The third-order valence-corrected chi connectivity index (χ3v) is 3.72. The molecule has 0 fully saturated rings.